The molecule has 0 aliphatic rings. The first-order chi connectivity index (χ1) is 15.1. The van der Waals surface area contributed by atoms with E-state index in [9.17, 15) is 9.59 Å². The van der Waals surface area contributed by atoms with Crippen molar-refractivity contribution in [1.29, 1.82) is 0 Å². The number of nitrogens with zero attached hydrogens (tertiary/aromatic N) is 1. The molecule has 1 aromatic heterocycles. The molecule has 0 saturated heterocycles. The number of rotatable bonds is 5. The molecule has 154 valence electrons. The van der Waals surface area contributed by atoms with E-state index >= 15 is 0 Å². The van der Waals surface area contributed by atoms with Gasteiger partial charge in [-0.15, -0.1) is 0 Å². The van der Waals surface area contributed by atoms with Crippen LogP contribution in [0, 0.1) is 6.92 Å². The number of hydrazine groups is 1. The van der Waals surface area contributed by atoms with Gasteiger partial charge in [0.05, 0.1) is 5.56 Å². The Kier molecular flexibility index (Phi) is 5.89. The molecule has 6 nitrogen and oxygen atoms in total. The van der Waals surface area contributed by atoms with Gasteiger partial charge in [0.1, 0.15) is 12.4 Å². The number of benzene rings is 3. The number of aromatic nitrogens is 1. The van der Waals surface area contributed by atoms with Crippen LogP contribution in [0.25, 0.3) is 10.8 Å². The largest absolute Gasteiger partial charge is 0.489 e. The number of ether oxygens (including phenoxy) is 1. The molecule has 0 aliphatic carbocycles. The van der Waals surface area contributed by atoms with Gasteiger partial charge in [-0.3, -0.25) is 25.4 Å². The van der Waals surface area contributed by atoms with E-state index in [1.54, 1.807) is 24.3 Å². The van der Waals surface area contributed by atoms with Crippen molar-refractivity contribution >= 4 is 22.6 Å². The van der Waals surface area contributed by atoms with Gasteiger partial charge in [0, 0.05) is 17.5 Å². The molecular weight excluding hydrogens is 390 g/mol. The number of amides is 2. The predicted molar refractivity (Wildman–Crippen MR) is 119 cm³/mol. The molecule has 0 spiro atoms. The molecule has 4 aromatic rings. The summed E-state index contributed by atoms with van der Waals surface area (Å²) < 4.78 is 5.87. The lowest BCUT2D eigenvalue weighted by Crippen LogP contribution is -2.41. The zero-order valence-electron chi connectivity index (χ0n) is 17.0. The summed E-state index contributed by atoms with van der Waals surface area (Å²) in [7, 11) is 0. The third-order valence-electron chi connectivity index (χ3n) is 4.81. The molecule has 0 unspecified atom stereocenters. The summed E-state index contributed by atoms with van der Waals surface area (Å²) in [6.07, 6.45) is 1.46. The fourth-order valence-electron chi connectivity index (χ4n) is 3.04. The minimum absolute atomic E-state index is 0.368. The van der Waals surface area contributed by atoms with Crippen molar-refractivity contribution in [3.63, 3.8) is 0 Å². The maximum Gasteiger partial charge on any atom is 0.271 e. The van der Waals surface area contributed by atoms with Gasteiger partial charge in [-0.05, 0) is 59.7 Å². The van der Waals surface area contributed by atoms with E-state index in [0.29, 0.717) is 17.7 Å². The van der Waals surface area contributed by atoms with Crippen molar-refractivity contribution in [2.45, 2.75) is 13.5 Å². The molecular formula is C25H21N3O3. The zero-order chi connectivity index (χ0) is 21.6. The second kappa shape index (κ2) is 9.09. The highest BCUT2D eigenvalue weighted by atomic mass is 16.5. The summed E-state index contributed by atoms with van der Waals surface area (Å²) in [5, 5.41) is 2.28. The van der Waals surface area contributed by atoms with E-state index in [-0.39, 0.29) is 0 Å². The number of fused-ring (bicyclic) bond motifs is 1. The first kappa shape index (κ1) is 20.1. The summed E-state index contributed by atoms with van der Waals surface area (Å²) in [4.78, 5) is 28.4. The van der Waals surface area contributed by atoms with Gasteiger partial charge in [0.15, 0.2) is 0 Å². The second-order valence-electron chi connectivity index (χ2n) is 7.09. The number of nitrogens with one attached hydrogen (secondary N) is 2. The first-order valence-corrected chi connectivity index (χ1v) is 9.82. The molecule has 0 radical (unpaired) electrons. The maximum absolute atomic E-state index is 12.3. The normalized spacial score (nSPS) is 10.5. The molecule has 6 heteroatoms. The minimum atomic E-state index is -0.429. The predicted octanol–water partition coefficient (Wildman–Crippen LogP) is 4.20. The fraction of sp³-hybridized carbons (Fsp3) is 0.0800. The summed E-state index contributed by atoms with van der Waals surface area (Å²) in [6, 6.07) is 24.5. The average Bonchev–Trinajstić information content (AvgIpc) is 2.81. The number of carbonyl (C=O) groups is 2. The first-order valence-electron chi connectivity index (χ1n) is 9.82. The minimum Gasteiger partial charge on any atom is -0.489 e. The van der Waals surface area contributed by atoms with E-state index in [0.717, 1.165) is 27.8 Å². The Morgan fingerprint density at radius 1 is 0.806 bits per heavy atom. The Balaban J connectivity index is 1.31. The van der Waals surface area contributed by atoms with Crippen molar-refractivity contribution in [3.05, 3.63) is 107 Å². The van der Waals surface area contributed by atoms with Crippen LogP contribution in [0.2, 0.25) is 0 Å². The number of aryl methyl sites for hydroxylation is 1. The van der Waals surface area contributed by atoms with Crippen molar-refractivity contribution in [1.82, 2.24) is 15.8 Å². The number of hydrogen-bond donors (Lipinski definition) is 2. The van der Waals surface area contributed by atoms with Crippen LogP contribution in [0.4, 0.5) is 0 Å². The molecule has 31 heavy (non-hydrogen) atoms. The number of pyridine rings is 1. The Bertz CT molecular complexity index is 1220. The molecule has 4 rings (SSSR count). The van der Waals surface area contributed by atoms with Crippen LogP contribution in [-0.4, -0.2) is 16.8 Å². The highest BCUT2D eigenvalue weighted by molar-refractivity contribution is 5.98. The SMILES string of the molecule is Cc1ccc(C(=O)NNC(=O)c2ccc(COc3ccc4ccccc4c3)cc2)cn1. The van der Waals surface area contributed by atoms with Crippen molar-refractivity contribution < 1.29 is 14.3 Å². The van der Waals surface area contributed by atoms with Gasteiger partial charge in [-0.25, -0.2) is 0 Å². The maximum atomic E-state index is 12.3. The van der Waals surface area contributed by atoms with E-state index in [2.05, 4.69) is 21.9 Å². The lowest BCUT2D eigenvalue weighted by atomic mass is 10.1. The third kappa shape index (κ3) is 5.05. The third-order valence-corrected chi connectivity index (χ3v) is 4.81. The van der Waals surface area contributed by atoms with Crippen LogP contribution in [0.1, 0.15) is 32.0 Å². The summed E-state index contributed by atoms with van der Waals surface area (Å²) in [6.45, 7) is 2.22. The molecule has 1 heterocycles. The highest BCUT2D eigenvalue weighted by Crippen LogP contribution is 2.21. The van der Waals surface area contributed by atoms with Crippen LogP contribution in [-0.2, 0) is 6.61 Å². The summed E-state index contributed by atoms with van der Waals surface area (Å²) in [5.41, 5.74) is 7.33. The van der Waals surface area contributed by atoms with E-state index < -0.39 is 11.8 Å². The summed E-state index contributed by atoms with van der Waals surface area (Å²) in [5.74, 6) is -0.0505. The van der Waals surface area contributed by atoms with Gasteiger partial charge in [0.2, 0.25) is 0 Å². The number of carbonyl (C=O) groups excluding carboxylic acids is 2. The molecule has 0 bridgehead atoms. The van der Waals surface area contributed by atoms with E-state index in [4.69, 9.17) is 4.74 Å². The molecule has 0 atom stereocenters. The van der Waals surface area contributed by atoms with Gasteiger partial charge in [-0.2, -0.15) is 0 Å². The second-order valence-corrected chi connectivity index (χ2v) is 7.09. The van der Waals surface area contributed by atoms with Crippen LogP contribution in [0.5, 0.6) is 5.75 Å². The van der Waals surface area contributed by atoms with Crippen LogP contribution < -0.4 is 15.6 Å². The quantitative estimate of drug-likeness (QED) is 0.483. The lowest BCUT2D eigenvalue weighted by Gasteiger charge is -2.09. The summed E-state index contributed by atoms with van der Waals surface area (Å²) >= 11 is 0. The van der Waals surface area contributed by atoms with Crippen molar-refractivity contribution in [2.24, 2.45) is 0 Å². The molecule has 2 N–H and O–H groups in total. The zero-order valence-corrected chi connectivity index (χ0v) is 17.0. The Morgan fingerprint density at radius 3 is 2.19 bits per heavy atom. The Morgan fingerprint density at radius 2 is 1.48 bits per heavy atom. The topological polar surface area (TPSA) is 80.3 Å². The van der Waals surface area contributed by atoms with E-state index in [1.807, 2.05) is 55.5 Å². The number of hydrogen-bond acceptors (Lipinski definition) is 4. The van der Waals surface area contributed by atoms with Crippen molar-refractivity contribution in [3.8, 4) is 5.75 Å². The van der Waals surface area contributed by atoms with Gasteiger partial charge < -0.3 is 4.74 Å². The van der Waals surface area contributed by atoms with Crippen LogP contribution in [0.3, 0.4) is 0 Å². The van der Waals surface area contributed by atoms with Crippen LogP contribution >= 0.6 is 0 Å². The van der Waals surface area contributed by atoms with Crippen LogP contribution in [0.15, 0.2) is 85.1 Å². The standard InChI is InChI=1S/C25H21N3O3/c1-17-6-9-22(15-26-17)25(30)28-27-24(29)20-10-7-18(8-11-20)16-31-23-13-12-19-4-2-3-5-21(19)14-23/h2-15H,16H2,1H3,(H,27,29)(H,28,30). The van der Waals surface area contributed by atoms with Gasteiger partial charge >= 0.3 is 0 Å². The average molecular weight is 411 g/mol. The molecule has 0 aliphatic heterocycles. The Labute approximate surface area is 179 Å². The smallest absolute Gasteiger partial charge is 0.271 e. The van der Waals surface area contributed by atoms with Crippen molar-refractivity contribution in [2.75, 3.05) is 0 Å². The van der Waals surface area contributed by atoms with Gasteiger partial charge in [0.25, 0.3) is 11.8 Å². The molecule has 3 aromatic carbocycles. The molecule has 0 fully saturated rings. The Hall–Kier alpha value is -4.19. The molecule has 2 amide bonds. The highest BCUT2D eigenvalue weighted by Gasteiger charge is 2.09. The molecule has 0 saturated carbocycles. The van der Waals surface area contributed by atoms with Gasteiger partial charge in [-0.1, -0.05) is 42.5 Å². The van der Waals surface area contributed by atoms with E-state index in [1.165, 1.54) is 6.20 Å². The monoisotopic (exact) mass is 411 g/mol. The fourth-order valence-corrected chi connectivity index (χ4v) is 3.04. The lowest BCUT2D eigenvalue weighted by molar-refractivity contribution is 0.0846.